The molecule has 2 saturated carbocycles. The summed E-state index contributed by atoms with van der Waals surface area (Å²) in [4.78, 5) is 0. The normalized spacial score (nSPS) is 38.8. The van der Waals surface area contributed by atoms with Crippen LogP contribution in [0.2, 0.25) is 0 Å². The molecule has 0 amide bonds. The van der Waals surface area contributed by atoms with Gasteiger partial charge in [0.05, 0.1) is 0 Å². The molecule has 0 saturated heterocycles. The molecule has 4 unspecified atom stereocenters. The third kappa shape index (κ3) is 2.65. The highest BCUT2D eigenvalue weighted by molar-refractivity contribution is 5.30. The Morgan fingerprint density at radius 2 is 1.48 bits per heavy atom. The lowest BCUT2D eigenvalue weighted by Crippen LogP contribution is -2.48. The molecule has 0 heterocycles. The van der Waals surface area contributed by atoms with Crippen LogP contribution in [0, 0.1) is 17.8 Å². The van der Waals surface area contributed by atoms with Crippen LogP contribution in [-0.2, 0) is 12.8 Å². The fourth-order valence-electron chi connectivity index (χ4n) is 5.23. The van der Waals surface area contributed by atoms with E-state index < -0.39 is 0 Å². The summed E-state index contributed by atoms with van der Waals surface area (Å²) in [6, 6.07) is 10.8. The molecular formula is C20H29N. The number of benzene rings is 1. The molecule has 4 atom stereocenters. The lowest BCUT2D eigenvalue weighted by atomic mass is 9.84. The maximum absolute atomic E-state index is 4.14. The molecule has 114 valence electrons. The molecule has 1 aromatic rings. The Kier molecular flexibility index (Phi) is 3.79. The maximum Gasteiger partial charge on any atom is 0.0133 e. The van der Waals surface area contributed by atoms with Gasteiger partial charge in [-0.25, -0.2) is 0 Å². The molecular weight excluding hydrogens is 254 g/mol. The van der Waals surface area contributed by atoms with Crippen LogP contribution < -0.4 is 5.32 Å². The standard InChI is InChI=1S/C20H29N/c1-14-6-2-5-9-19(14)21-20-17-10-11-18(20)13-16-8-4-3-7-15(16)12-17/h3-4,7-8,14,17-21H,2,5-6,9-13H2,1H3. The Labute approximate surface area is 129 Å². The SMILES string of the molecule is CC1CCCCC1NC1C2CCC1Cc1ccccc1C2. The smallest absolute Gasteiger partial charge is 0.0133 e. The summed E-state index contributed by atoms with van der Waals surface area (Å²) in [5, 5.41) is 4.14. The Balaban J connectivity index is 1.52. The molecule has 0 aromatic heterocycles. The Bertz CT molecular complexity index is 461. The van der Waals surface area contributed by atoms with Gasteiger partial charge in [0.2, 0.25) is 0 Å². The van der Waals surface area contributed by atoms with Crippen LogP contribution in [0.4, 0.5) is 0 Å². The molecule has 2 bridgehead atoms. The van der Waals surface area contributed by atoms with Gasteiger partial charge in [0.15, 0.2) is 0 Å². The summed E-state index contributed by atoms with van der Waals surface area (Å²) in [7, 11) is 0. The zero-order valence-electron chi connectivity index (χ0n) is 13.4. The highest BCUT2D eigenvalue weighted by atomic mass is 15.0. The van der Waals surface area contributed by atoms with Gasteiger partial charge in [0, 0.05) is 12.1 Å². The minimum atomic E-state index is 0.781. The van der Waals surface area contributed by atoms with Crippen molar-refractivity contribution >= 4 is 0 Å². The van der Waals surface area contributed by atoms with E-state index >= 15 is 0 Å². The van der Waals surface area contributed by atoms with Gasteiger partial charge in [-0.3, -0.25) is 0 Å². The van der Waals surface area contributed by atoms with Crippen molar-refractivity contribution in [1.82, 2.24) is 5.32 Å². The second-order valence-electron chi connectivity index (χ2n) is 7.84. The summed E-state index contributed by atoms with van der Waals surface area (Å²) in [5.41, 5.74) is 3.27. The molecule has 0 spiro atoms. The molecule has 4 rings (SSSR count). The van der Waals surface area contributed by atoms with Crippen molar-refractivity contribution in [3.05, 3.63) is 35.4 Å². The van der Waals surface area contributed by atoms with Crippen LogP contribution in [0.3, 0.4) is 0 Å². The van der Waals surface area contributed by atoms with Crippen molar-refractivity contribution in [2.75, 3.05) is 0 Å². The van der Waals surface area contributed by atoms with Gasteiger partial charge < -0.3 is 5.32 Å². The number of rotatable bonds is 2. The van der Waals surface area contributed by atoms with Crippen LogP contribution in [0.25, 0.3) is 0 Å². The molecule has 2 fully saturated rings. The topological polar surface area (TPSA) is 12.0 Å². The van der Waals surface area contributed by atoms with Crippen molar-refractivity contribution < 1.29 is 0 Å². The lowest BCUT2D eigenvalue weighted by Gasteiger charge is -2.35. The molecule has 3 aliphatic carbocycles. The van der Waals surface area contributed by atoms with Gasteiger partial charge >= 0.3 is 0 Å². The monoisotopic (exact) mass is 283 g/mol. The minimum Gasteiger partial charge on any atom is -0.310 e. The Morgan fingerprint density at radius 3 is 2.10 bits per heavy atom. The van der Waals surface area contributed by atoms with Gasteiger partial charge in [-0.1, -0.05) is 44.0 Å². The van der Waals surface area contributed by atoms with Crippen LogP contribution in [0.1, 0.15) is 56.6 Å². The molecule has 21 heavy (non-hydrogen) atoms. The fraction of sp³-hybridized carbons (Fsp3) is 0.700. The molecule has 3 aliphatic rings. The first kappa shape index (κ1) is 13.8. The van der Waals surface area contributed by atoms with Crippen molar-refractivity contribution in [3.8, 4) is 0 Å². The first-order valence-corrected chi connectivity index (χ1v) is 9.14. The van der Waals surface area contributed by atoms with Crippen molar-refractivity contribution in [3.63, 3.8) is 0 Å². The van der Waals surface area contributed by atoms with Gasteiger partial charge in [0.25, 0.3) is 0 Å². The van der Waals surface area contributed by atoms with Gasteiger partial charge in [0.1, 0.15) is 0 Å². The first-order chi connectivity index (χ1) is 10.3. The number of hydrogen-bond donors (Lipinski definition) is 1. The van der Waals surface area contributed by atoms with Crippen LogP contribution in [0.15, 0.2) is 24.3 Å². The van der Waals surface area contributed by atoms with E-state index in [4.69, 9.17) is 0 Å². The largest absolute Gasteiger partial charge is 0.310 e. The van der Waals surface area contributed by atoms with Crippen molar-refractivity contribution in [1.29, 1.82) is 0 Å². The highest BCUT2D eigenvalue weighted by Gasteiger charge is 2.40. The van der Waals surface area contributed by atoms with E-state index in [1.807, 2.05) is 0 Å². The van der Waals surface area contributed by atoms with E-state index in [0.717, 1.165) is 29.8 Å². The van der Waals surface area contributed by atoms with Crippen LogP contribution >= 0.6 is 0 Å². The molecule has 1 aromatic carbocycles. The molecule has 1 heteroatoms. The zero-order chi connectivity index (χ0) is 14.2. The van der Waals surface area contributed by atoms with Crippen molar-refractivity contribution in [2.24, 2.45) is 17.8 Å². The minimum absolute atomic E-state index is 0.781. The summed E-state index contributed by atoms with van der Waals surface area (Å²) >= 11 is 0. The van der Waals surface area contributed by atoms with Gasteiger partial charge in [-0.15, -0.1) is 0 Å². The quantitative estimate of drug-likeness (QED) is 0.851. The maximum atomic E-state index is 4.14. The lowest BCUT2D eigenvalue weighted by molar-refractivity contribution is 0.218. The second kappa shape index (κ2) is 5.76. The predicted octanol–water partition coefficient (Wildman–Crippen LogP) is 4.35. The molecule has 0 radical (unpaired) electrons. The van der Waals surface area contributed by atoms with Crippen molar-refractivity contribution in [2.45, 2.75) is 70.4 Å². The Hall–Kier alpha value is -0.820. The van der Waals surface area contributed by atoms with E-state index in [2.05, 4.69) is 36.5 Å². The average molecular weight is 283 g/mol. The number of hydrogen-bond acceptors (Lipinski definition) is 1. The van der Waals surface area contributed by atoms with E-state index in [-0.39, 0.29) is 0 Å². The van der Waals surface area contributed by atoms with E-state index in [0.29, 0.717) is 0 Å². The van der Waals surface area contributed by atoms with Gasteiger partial charge in [-0.2, -0.15) is 0 Å². The summed E-state index contributed by atoms with van der Waals surface area (Å²) in [6.45, 7) is 2.46. The highest BCUT2D eigenvalue weighted by Crippen LogP contribution is 2.41. The van der Waals surface area contributed by atoms with E-state index in [9.17, 15) is 0 Å². The summed E-state index contributed by atoms with van der Waals surface area (Å²) in [5.74, 6) is 2.64. The molecule has 1 N–H and O–H groups in total. The second-order valence-corrected chi connectivity index (χ2v) is 7.84. The fourth-order valence-corrected chi connectivity index (χ4v) is 5.23. The number of nitrogens with one attached hydrogen (secondary N) is 1. The summed E-state index contributed by atoms with van der Waals surface area (Å²) in [6.07, 6.45) is 11.2. The van der Waals surface area contributed by atoms with Gasteiger partial charge in [-0.05, 0) is 67.4 Å². The first-order valence-electron chi connectivity index (χ1n) is 9.14. The summed E-state index contributed by atoms with van der Waals surface area (Å²) < 4.78 is 0. The predicted molar refractivity (Wildman–Crippen MR) is 88.4 cm³/mol. The zero-order valence-corrected chi connectivity index (χ0v) is 13.4. The third-order valence-corrected chi connectivity index (χ3v) is 6.52. The molecule has 1 nitrogen and oxygen atoms in total. The Morgan fingerprint density at radius 1 is 0.857 bits per heavy atom. The number of fused-ring (bicyclic) bond motifs is 3. The average Bonchev–Trinajstić information content (AvgIpc) is 2.76. The molecule has 0 aliphatic heterocycles. The van der Waals surface area contributed by atoms with Crippen LogP contribution in [-0.4, -0.2) is 12.1 Å². The third-order valence-electron chi connectivity index (χ3n) is 6.52. The van der Waals surface area contributed by atoms with E-state index in [1.165, 1.54) is 51.4 Å². The van der Waals surface area contributed by atoms with E-state index in [1.54, 1.807) is 11.1 Å². The van der Waals surface area contributed by atoms with Crippen LogP contribution in [0.5, 0.6) is 0 Å².